The van der Waals surface area contributed by atoms with Gasteiger partial charge in [-0.25, -0.2) is 4.79 Å². The van der Waals surface area contributed by atoms with Crippen molar-refractivity contribution < 1.29 is 19.1 Å². The average molecular weight is 373 g/mol. The number of carbonyl (C=O) groups excluding carboxylic acids is 3. The Labute approximate surface area is 163 Å². The Hall–Kier alpha value is -3.73. The largest absolute Gasteiger partial charge is 0.451 e. The molecule has 0 saturated carbocycles. The highest BCUT2D eigenvalue weighted by molar-refractivity contribution is 6.04. The molecule has 0 fully saturated rings. The maximum Gasteiger partial charge on any atom is 0.338 e. The SMILES string of the molecule is C[C@H](OC(=O)c1ccc(NC(=O)c2ccccc2)cc1)C(=O)c1ccccc1. The molecule has 0 aliphatic carbocycles. The predicted molar refractivity (Wildman–Crippen MR) is 106 cm³/mol. The van der Waals surface area contributed by atoms with Crippen LogP contribution in [0.15, 0.2) is 84.9 Å². The lowest BCUT2D eigenvalue weighted by Gasteiger charge is -2.12. The lowest BCUT2D eigenvalue weighted by Crippen LogP contribution is -2.24. The zero-order valence-electron chi connectivity index (χ0n) is 15.3. The molecule has 0 aliphatic rings. The van der Waals surface area contributed by atoms with Gasteiger partial charge in [-0.05, 0) is 43.3 Å². The second-order valence-corrected chi connectivity index (χ2v) is 6.18. The van der Waals surface area contributed by atoms with Gasteiger partial charge in [0.15, 0.2) is 6.10 Å². The smallest absolute Gasteiger partial charge is 0.338 e. The van der Waals surface area contributed by atoms with E-state index in [2.05, 4.69) is 5.32 Å². The van der Waals surface area contributed by atoms with Crippen molar-refractivity contribution in [3.05, 3.63) is 102 Å². The lowest BCUT2D eigenvalue weighted by molar-refractivity contribution is 0.0319. The van der Waals surface area contributed by atoms with Crippen LogP contribution in [-0.2, 0) is 4.74 Å². The van der Waals surface area contributed by atoms with E-state index in [0.29, 0.717) is 22.4 Å². The number of esters is 1. The normalized spacial score (nSPS) is 11.3. The zero-order chi connectivity index (χ0) is 19.9. The van der Waals surface area contributed by atoms with Crippen LogP contribution >= 0.6 is 0 Å². The fourth-order valence-corrected chi connectivity index (χ4v) is 2.60. The van der Waals surface area contributed by atoms with E-state index in [4.69, 9.17) is 4.74 Å². The molecule has 0 bridgehead atoms. The number of hydrogen-bond donors (Lipinski definition) is 1. The summed E-state index contributed by atoms with van der Waals surface area (Å²) < 4.78 is 5.27. The van der Waals surface area contributed by atoms with Crippen molar-refractivity contribution in [3.8, 4) is 0 Å². The molecule has 0 saturated heterocycles. The van der Waals surface area contributed by atoms with E-state index in [1.165, 1.54) is 0 Å². The molecular weight excluding hydrogens is 354 g/mol. The van der Waals surface area contributed by atoms with E-state index in [9.17, 15) is 14.4 Å². The van der Waals surface area contributed by atoms with Gasteiger partial charge >= 0.3 is 5.97 Å². The Kier molecular flexibility index (Phi) is 5.97. The van der Waals surface area contributed by atoms with E-state index in [0.717, 1.165) is 0 Å². The van der Waals surface area contributed by atoms with E-state index < -0.39 is 12.1 Å². The van der Waals surface area contributed by atoms with E-state index in [1.807, 2.05) is 12.1 Å². The third-order valence-corrected chi connectivity index (χ3v) is 4.13. The summed E-state index contributed by atoms with van der Waals surface area (Å²) in [6, 6.07) is 23.8. The van der Waals surface area contributed by atoms with Crippen LogP contribution in [0.25, 0.3) is 0 Å². The first kappa shape index (κ1) is 19.0. The van der Waals surface area contributed by atoms with Crippen molar-refractivity contribution in [1.82, 2.24) is 0 Å². The topological polar surface area (TPSA) is 72.5 Å². The summed E-state index contributed by atoms with van der Waals surface area (Å²) in [7, 11) is 0. The number of hydrogen-bond acceptors (Lipinski definition) is 4. The van der Waals surface area contributed by atoms with Crippen LogP contribution in [0.5, 0.6) is 0 Å². The van der Waals surface area contributed by atoms with Crippen molar-refractivity contribution >= 4 is 23.3 Å². The molecule has 0 radical (unpaired) electrons. The first-order valence-electron chi connectivity index (χ1n) is 8.81. The van der Waals surface area contributed by atoms with Gasteiger partial charge in [0.05, 0.1) is 5.56 Å². The number of ketones is 1. The first-order chi connectivity index (χ1) is 13.5. The number of benzene rings is 3. The summed E-state index contributed by atoms with van der Waals surface area (Å²) in [5, 5.41) is 2.76. The highest BCUT2D eigenvalue weighted by atomic mass is 16.5. The van der Waals surface area contributed by atoms with Gasteiger partial charge in [-0.1, -0.05) is 48.5 Å². The summed E-state index contributed by atoms with van der Waals surface area (Å²) >= 11 is 0. The van der Waals surface area contributed by atoms with Crippen molar-refractivity contribution in [1.29, 1.82) is 0 Å². The fourth-order valence-electron chi connectivity index (χ4n) is 2.60. The van der Waals surface area contributed by atoms with Crippen molar-refractivity contribution in [2.24, 2.45) is 0 Å². The number of Topliss-reactive ketones (excluding diaryl/α,β-unsaturated/α-hetero) is 1. The molecule has 5 nitrogen and oxygen atoms in total. The number of nitrogens with one attached hydrogen (secondary N) is 1. The molecule has 140 valence electrons. The Bertz CT molecular complexity index is 967. The minimum atomic E-state index is -0.896. The summed E-state index contributed by atoms with van der Waals surface area (Å²) in [5.41, 5.74) is 1.88. The predicted octanol–water partition coefficient (Wildman–Crippen LogP) is 4.37. The summed E-state index contributed by atoms with van der Waals surface area (Å²) in [6.07, 6.45) is -0.896. The monoisotopic (exact) mass is 373 g/mol. The second kappa shape index (κ2) is 8.77. The number of carbonyl (C=O) groups is 3. The van der Waals surface area contributed by atoms with Crippen molar-refractivity contribution in [2.75, 3.05) is 5.32 Å². The minimum Gasteiger partial charge on any atom is -0.451 e. The lowest BCUT2D eigenvalue weighted by atomic mass is 10.1. The fraction of sp³-hybridized carbons (Fsp3) is 0.0870. The molecular formula is C23H19NO4. The molecule has 1 atom stereocenters. The second-order valence-electron chi connectivity index (χ2n) is 6.18. The molecule has 0 heterocycles. The van der Waals surface area contributed by atoms with Gasteiger partial charge in [0.1, 0.15) is 0 Å². The molecule has 0 spiro atoms. The Balaban J connectivity index is 1.60. The molecule has 1 amide bonds. The van der Waals surface area contributed by atoms with Crippen LogP contribution in [0.2, 0.25) is 0 Å². The molecule has 3 rings (SSSR count). The van der Waals surface area contributed by atoms with Crippen LogP contribution in [0, 0.1) is 0 Å². The minimum absolute atomic E-state index is 0.238. The zero-order valence-corrected chi connectivity index (χ0v) is 15.3. The third-order valence-electron chi connectivity index (χ3n) is 4.13. The standard InChI is InChI=1S/C23H19NO4/c1-16(21(25)17-8-4-2-5-9-17)28-23(27)19-12-14-20(15-13-19)24-22(26)18-10-6-3-7-11-18/h2-16H,1H3,(H,24,26)/t16-/m0/s1. The molecule has 28 heavy (non-hydrogen) atoms. The third kappa shape index (κ3) is 4.71. The molecule has 0 unspecified atom stereocenters. The molecule has 0 aromatic heterocycles. The maximum atomic E-state index is 12.3. The van der Waals surface area contributed by atoms with Crippen molar-refractivity contribution in [3.63, 3.8) is 0 Å². The Morgan fingerprint density at radius 3 is 1.82 bits per heavy atom. The van der Waals surface area contributed by atoms with Gasteiger partial charge in [-0.3, -0.25) is 9.59 Å². The maximum absolute atomic E-state index is 12.3. The van der Waals surface area contributed by atoms with E-state index in [1.54, 1.807) is 79.7 Å². The van der Waals surface area contributed by atoms with Crippen LogP contribution in [0.3, 0.4) is 0 Å². The summed E-state index contributed by atoms with van der Waals surface area (Å²) in [5.74, 6) is -1.10. The Morgan fingerprint density at radius 2 is 1.25 bits per heavy atom. The number of amides is 1. The van der Waals surface area contributed by atoms with Gasteiger partial charge in [0, 0.05) is 16.8 Å². The molecule has 3 aromatic carbocycles. The van der Waals surface area contributed by atoms with Crippen LogP contribution in [-0.4, -0.2) is 23.8 Å². The van der Waals surface area contributed by atoms with Gasteiger partial charge in [-0.2, -0.15) is 0 Å². The number of ether oxygens (including phenoxy) is 1. The molecule has 0 aliphatic heterocycles. The van der Waals surface area contributed by atoms with Crippen LogP contribution in [0.4, 0.5) is 5.69 Å². The Morgan fingerprint density at radius 1 is 0.714 bits per heavy atom. The summed E-state index contributed by atoms with van der Waals surface area (Å²) in [6.45, 7) is 1.54. The van der Waals surface area contributed by atoms with Crippen LogP contribution < -0.4 is 5.32 Å². The highest BCUT2D eigenvalue weighted by Crippen LogP contribution is 2.14. The quantitative estimate of drug-likeness (QED) is 0.514. The van der Waals surface area contributed by atoms with Gasteiger partial charge in [-0.15, -0.1) is 0 Å². The van der Waals surface area contributed by atoms with Crippen LogP contribution in [0.1, 0.15) is 38.0 Å². The average Bonchev–Trinajstić information content (AvgIpc) is 2.74. The summed E-state index contributed by atoms with van der Waals surface area (Å²) in [4.78, 5) is 36.7. The molecule has 3 aromatic rings. The molecule has 1 N–H and O–H groups in total. The van der Waals surface area contributed by atoms with Crippen molar-refractivity contribution in [2.45, 2.75) is 13.0 Å². The van der Waals surface area contributed by atoms with Gasteiger partial charge < -0.3 is 10.1 Å². The molecule has 5 heteroatoms. The van der Waals surface area contributed by atoms with Gasteiger partial charge in [0.2, 0.25) is 5.78 Å². The number of rotatable bonds is 6. The first-order valence-corrected chi connectivity index (χ1v) is 8.81. The van der Waals surface area contributed by atoms with Gasteiger partial charge in [0.25, 0.3) is 5.91 Å². The number of anilines is 1. The van der Waals surface area contributed by atoms with E-state index in [-0.39, 0.29) is 11.7 Å². The highest BCUT2D eigenvalue weighted by Gasteiger charge is 2.20. The van der Waals surface area contributed by atoms with E-state index >= 15 is 0 Å².